The highest BCUT2D eigenvalue weighted by Crippen LogP contribution is 2.30. The monoisotopic (exact) mass is 307 g/mol. The third-order valence-corrected chi connectivity index (χ3v) is 3.04. The van der Waals surface area contributed by atoms with E-state index in [2.05, 4.69) is 10.1 Å². The lowest BCUT2D eigenvalue weighted by Crippen LogP contribution is -2.41. The molecule has 1 heterocycles. The standard InChI is InChI=1S/C16H21NO5/c1-16(2,3)22-15(19)13-9-17-11-7-10(8-14(18)20-4)5-6-12(11)21-13/h5-7,13,17H,8-9H2,1-4H3. The van der Waals surface area contributed by atoms with Crippen molar-refractivity contribution in [3.63, 3.8) is 0 Å². The van der Waals surface area contributed by atoms with Gasteiger partial charge in [0.25, 0.3) is 0 Å². The van der Waals surface area contributed by atoms with Crippen LogP contribution in [-0.4, -0.2) is 37.3 Å². The van der Waals surface area contributed by atoms with E-state index in [1.54, 1.807) is 12.1 Å². The molecule has 2 rings (SSSR count). The van der Waals surface area contributed by atoms with Crippen LogP contribution in [0.3, 0.4) is 0 Å². The Morgan fingerprint density at radius 3 is 2.73 bits per heavy atom. The predicted octanol–water partition coefficient (Wildman–Crippen LogP) is 1.92. The van der Waals surface area contributed by atoms with Crippen molar-refractivity contribution in [1.82, 2.24) is 0 Å². The molecule has 120 valence electrons. The highest BCUT2D eigenvalue weighted by atomic mass is 16.6. The summed E-state index contributed by atoms with van der Waals surface area (Å²) in [5, 5.41) is 3.13. The fraction of sp³-hybridized carbons (Fsp3) is 0.500. The second kappa shape index (κ2) is 6.25. The first-order valence-corrected chi connectivity index (χ1v) is 7.11. The number of benzene rings is 1. The Balaban J connectivity index is 2.05. The van der Waals surface area contributed by atoms with Gasteiger partial charge in [0.05, 0.1) is 25.8 Å². The highest BCUT2D eigenvalue weighted by molar-refractivity contribution is 5.79. The van der Waals surface area contributed by atoms with Crippen LogP contribution >= 0.6 is 0 Å². The lowest BCUT2D eigenvalue weighted by molar-refractivity contribution is -0.162. The zero-order valence-electron chi connectivity index (χ0n) is 13.3. The van der Waals surface area contributed by atoms with Crippen LogP contribution in [0.2, 0.25) is 0 Å². The first-order valence-electron chi connectivity index (χ1n) is 7.11. The van der Waals surface area contributed by atoms with Crippen LogP contribution in [0, 0.1) is 0 Å². The Labute approximate surface area is 129 Å². The molecular weight excluding hydrogens is 286 g/mol. The molecule has 0 fully saturated rings. The Hall–Kier alpha value is -2.24. The van der Waals surface area contributed by atoms with E-state index in [9.17, 15) is 9.59 Å². The number of anilines is 1. The summed E-state index contributed by atoms with van der Waals surface area (Å²) in [4.78, 5) is 23.3. The minimum atomic E-state index is -0.682. The summed E-state index contributed by atoms with van der Waals surface area (Å²) in [5.41, 5.74) is 1.02. The van der Waals surface area contributed by atoms with Crippen molar-refractivity contribution in [2.75, 3.05) is 19.0 Å². The number of methoxy groups -OCH3 is 1. The second-order valence-corrected chi connectivity index (χ2v) is 6.10. The molecule has 0 aliphatic carbocycles. The number of carbonyl (C=O) groups excluding carboxylic acids is 2. The predicted molar refractivity (Wildman–Crippen MR) is 80.9 cm³/mol. The summed E-state index contributed by atoms with van der Waals surface area (Å²) < 4.78 is 15.6. The van der Waals surface area contributed by atoms with Gasteiger partial charge in [-0.05, 0) is 38.5 Å². The van der Waals surface area contributed by atoms with E-state index < -0.39 is 17.7 Å². The van der Waals surface area contributed by atoms with Crippen LogP contribution in [-0.2, 0) is 25.5 Å². The Morgan fingerprint density at radius 1 is 1.36 bits per heavy atom. The molecule has 1 aromatic rings. The van der Waals surface area contributed by atoms with E-state index in [1.807, 2.05) is 26.8 Å². The normalized spacial score (nSPS) is 16.8. The van der Waals surface area contributed by atoms with Gasteiger partial charge >= 0.3 is 11.9 Å². The fourth-order valence-electron chi connectivity index (χ4n) is 2.06. The molecule has 1 unspecified atom stereocenters. The molecule has 0 bridgehead atoms. The van der Waals surface area contributed by atoms with Crippen molar-refractivity contribution in [3.05, 3.63) is 23.8 Å². The first-order chi connectivity index (χ1) is 10.3. The van der Waals surface area contributed by atoms with Crippen molar-refractivity contribution in [1.29, 1.82) is 0 Å². The maximum absolute atomic E-state index is 12.0. The van der Waals surface area contributed by atoms with Crippen molar-refractivity contribution in [3.8, 4) is 5.75 Å². The van der Waals surface area contributed by atoms with Crippen molar-refractivity contribution in [2.24, 2.45) is 0 Å². The maximum atomic E-state index is 12.0. The Bertz CT molecular complexity index is 576. The maximum Gasteiger partial charge on any atom is 0.349 e. The molecule has 1 N–H and O–H groups in total. The number of rotatable bonds is 3. The van der Waals surface area contributed by atoms with E-state index in [0.717, 1.165) is 11.3 Å². The largest absolute Gasteiger partial charge is 0.475 e. The SMILES string of the molecule is COC(=O)Cc1ccc2c(c1)NCC(C(=O)OC(C)(C)C)O2. The molecule has 1 aliphatic rings. The molecule has 22 heavy (non-hydrogen) atoms. The summed E-state index contributed by atoms with van der Waals surface area (Å²) in [6, 6.07) is 5.32. The third-order valence-electron chi connectivity index (χ3n) is 3.04. The van der Waals surface area contributed by atoms with Crippen LogP contribution in [0.5, 0.6) is 5.75 Å². The summed E-state index contributed by atoms with van der Waals surface area (Å²) in [7, 11) is 1.35. The van der Waals surface area contributed by atoms with E-state index in [0.29, 0.717) is 12.3 Å². The molecule has 0 spiro atoms. The van der Waals surface area contributed by atoms with Crippen LogP contribution in [0.15, 0.2) is 18.2 Å². The van der Waals surface area contributed by atoms with Crippen LogP contribution in [0.25, 0.3) is 0 Å². The zero-order chi connectivity index (χ0) is 16.3. The summed E-state index contributed by atoms with van der Waals surface area (Å²) in [6.07, 6.45) is -0.487. The van der Waals surface area contributed by atoms with E-state index in [4.69, 9.17) is 9.47 Å². The number of fused-ring (bicyclic) bond motifs is 1. The van der Waals surface area contributed by atoms with Gasteiger partial charge in [-0.1, -0.05) is 6.07 Å². The molecule has 0 saturated carbocycles. The minimum Gasteiger partial charge on any atom is -0.475 e. The van der Waals surface area contributed by atoms with Gasteiger partial charge in [-0.3, -0.25) is 4.79 Å². The van der Waals surface area contributed by atoms with Crippen molar-refractivity contribution in [2.45, 2.75) is 38.9 Å². The van der Waals surface area contributed by atoms with E-state index in [1.165, 1.54) is 7.11 Å². The van der Waals surface area contributed by atoms with Crippen molar-refractivity contribution < 1.29 is 23.8 Å². The minimum absolute atomic E-state index is 0.195. The molecule has 0 aromatic heterocycles. The smallest absolute Gasteiger partial charge is 0.349 e. The average Bonchev–Trinajstić information content (AvgIpc) is 2.44. The summed E-state index contributed by atoms with van der Waals surface area (Å²) >= 11 is 0. The number of nitrogens with one attached hydrogen (secondary N) is 1. The highest BCUT2D eigenvalue weighted by Gasteiger charge is 2.30. The zero-order valence-corrected chi connectivity index (χ0v) is 13.3. The molecule has 1 aromatic carbocycles. The second-order valence-electron chi connectivity index (χ2n) is 6.10. The molecule has 0 amide bonds. The number of ether oxygens (including phenoxy) is 3. The van der Waals surface area contributed by atoms with Crippen molar-refractivity contribution >= 4 is 17.6 Å². The lowest BCUT2D eigenvalue weighted by atomic mass is 10.1. The lowest BCUT2D eigenvalue weighted by Gasteiger charge is -2.29. The van der Waals surface area contributed by atoms with Crippen LogP contribution in [0.4, 0.5) is 5.69 Å². The van der Waals surface area contributed by atoms with Gasteiger partial charge in [0.1, 0.15) is 11.4 Å². The average molecular weight is 307 g/mol. The van der Waals surface area contributed by atoms with Gasteiger partial charge < -0.3 is 19.5 Å². The van der Waals surface area contributed by atoms with Gasteiger partial charge in [0.15, 0.2) is 0 Å². The van der Waals surface area contributed by atoms with E-state index in [-0.39, 0.29) is 12.4 Å². The molecule has 0 saturated heterocycles. The van der Waals surface area contributed by atoms with E-state index >= 15 is 0 Å². The van der Waals surface area contributed by atoms with Gasteiger partial charge in [-0.25, -0.2) is 4.79 Å². The van der Waals surface area contributed by atoms with Crippen LogP contribution in [0.1, 0.15) is 26.3 Å². The number of esters is 2. The molecule has 6 nitrogen and oxygen atoms in total. The molecule has 0 radical (unpaired) electrons. The molecule has 1 atom stereocenters. The number of hydrogen-bond acceptors (Lipinski definition) is 6. The van der Waals surface area contributed by atoms with Gasteiger partial charge in [0, 0.05) is 0 Å². The molecular formula is C16H21NO5. The van der Waals surface area contributed by atoms with Crippen LogP contribution < -0.4 is 10.1 Å². The van der Waals surface area contributed by atoms with Gasteiger partial charge in [0.2, 0.25) is 6.10 Å². The topological polar surface area (TPSA) is 73.9 Å². The summed E-state index contributed by atoms with van der Waals surface area (Å²) in [6.45, 7) is 5.76. The first kappa shape index (κ1) is 16.1. The number of hydrogen-bond donors (Lipinski definition) is 1. The third kappa shape index (κ3) is 4.13. The van der Waals surface area contributed by atoms with Gasteiger partial charge in [-0.15, -0.1) is 0 Å². The fourth-order valence-corrected chi connectivity index (χ4v) is 2.06. The molecule has 1 aliphatic heterocycles. The Morgan fingerprint density at radius 2 is 2.09 bits per heavy atom. The van der Waals surface area contributed by atoms with Gasteiger partial charge in [-0.2, -0.15) is 0 Å². The number of carbonyl (C=O) groups is 2. The molecule has 6 heteroatoms. The Kier molecular flexibility index (Phi) is 4.59. The quantitative estimate of drug-likeness (QED) is 0.860. The summed E-state index contributed by atoms with van der Waals surface area (Å²) in [5.74, 6) is -0.136.